The second-order valence-corrected chi connectivity index (χ2v) is 11.9. The van der Waals surface area contributed by atoms with Crippen molar-refractivity contribution >= 4 is 25.8 Å². The molecule has 1 amide bonds. The molecule has 0 spiro atoms. The molecule has 2 N–H and O–H groups in total. The highest BCUT2D eigenvalue weighted by molar-refractivity contribution is 7.91. The number of sulfonamides is 1. The average Bonchev–Trinajstić information content (AvgIpc) is 2.64. The highest BCUT2D eigenvalue weighted by Gasteiger charge is 2.23. The number of hydrogen-bond acceptors (Lipinski definition) is 5. The van der Waals surface area contributed by atoms with E-state index in [0.29, 0.717) is 5.56 Å². The van der Waals surface area contributed by atoms with Gasteiger partial charge in [0.15, 0.2) is 9.84 Å². The van der Waals surface area contributed by atoms with Gasteiger partial charge in [-0.2, -0.15) is 0 Å². The van der Waals surface area contributed by atoms with Crippen LogP contribution in [0.2, 0.25) is 0 Å². The van der Waals surface area contributed by atoms with E-state index >= 15 is 0 Å². The standard InChI is InChI=1S/C21H28N2O5S2/c1-16-11-12-18(30(27,28)23-21(2,3)4)15-19(16)20(24)22-13-8-14-29(25,26)17-9-6-5-7-10-17/h5-7,9-12,15,23H,8,13-14H2,1-4H3,(H,22,24). The van der Waals surface area contributed by atoms with Crippen LogP contribution in [0.25, 0.3) is 0 Å². The molecule has 0 aliphatic heterocycles. The van der Waals surface area contributed by atoms with E-state index in [4.69, 9.17) is 0 Å². The lowest BCUT2D eigenvalue weighted by Gasteiger charge is -2.20. The van der Waals surface area contributed by atoms with Gasteiger partial charge in [0.25, 0.3) is 5.91 Å². The number of carbonyl (C=O) groups excluding carboxylic acids is 1. The molecular weight excluding hydrogens is 424 g/mol. The Morgan fingerprint density at radius 2 is 1.57 bits per heavy atom. The van der Waals surface area contributed by atoms with Gasteiger partial charge in [0, 0.05) is 17.6 Å². The van der Waals surface area contributed by atoms with Gasteiger partial charge in [-0.15, -0.1) is 0 Å². The Hall–Kier alpha value is -2.23. The van der Waals surface area contributed by atoms with Gasteiger partial charge in [-0.1, -0.05) is 24.3 Å². The van der Waals surface area contributed by atoms with Crippen LogP contribution in [-0.4, -0.2) is 40.6 Å². The van der Waals surface area contributed by atoms with E-state index < -0.39 is 31.3 Å². The lowest BCUT2D eigenvalue weighted by Crippen LogP contribution is -2.40. The van der Waals surface area contributed by atoms with E-state index in [9.17, 15) is 21.6 Å². The molecule has 0 unspecified atom stereocenters. The van der Waals surface area contributed by atoms with Crippen molar-refractivity contribution < 1.29 is 21.6 Å². The van der Waals surface area contributed by atoms with Crippen LogP contribution in [0.15, 0.2) is 58.3 Å². The SMILES string of the molecule is Cc1ccc(S(=O)(=O)NC(C)(C)C)cc1C(=O)NCCCS(=O)(=O)c1ccccc1. The van der Waals surface area contributed by atoms with Crippen molar-refractivity contribution in [1.82, 2.24) is 10.0 Å². The Labute approximate surface area is 178 Å². The van der Waals surface area contributed by atoms with Crippen LogP contribution >= 0.6 is 0 Å². The maximum atomic E-state index is 12.5. The molecule has 7 nitrogen and oxygen atoms in total. The quantitative estimate of drug-likeness (QED) is 0.599. The summed E-state index contributed by atoms with van der Waals surface area (Å²) in [6.07, 6.45) is 0.242. The van der Waals surface area contributed by atoms with E-state index in [1.165, 1.54) is 24.3 Å². The first-order chi connectivity index (χ1) is 13.8. The molecule has 0 aliphatic rings. The van der Waals surface area contributed by atoms with Gasteiger partial charge in [0.05, 0.1) is 15.5 Å². The highest BCUT2D eigenvalue weighted by atomic mass is 32.2. The first-order valence-corrected chi connectivity index (χ1v) is 12.7. The fraction of sp³-hybridized carbons (Fsp3) is 0.381. The summed E-state index contributed by atoms with van der Waals surface area (Å²) in [4.78, 5) is 12.8. The third-order valence-corrected chi connectivity index (χ3v) is 7.75. The fourth-order valence-electron chi connectivity index (χ4n) is 2.78. The van der Waals surface area contributed by atoms with Crippen molar-refractivity contribution in [2.24, 2.45) is 0 Å². The van der Waals surface area contributed by atoms with Crippen LogP contribution in [0.4, 0.5) is 0 Å². The molecule has 0 atom stereocenters. The minimum absolute atomic E-state index is 0.000157. The zero-order valence-corrected chi connectivity index (χ0v) is 19.2. The Kier molecular flexibility index (Phi) is 7.44. The molecule has 0 bridgehead atoms. The Morgan fingerprint density at radius 1 is 0.933 bits per heavy atom. The molecule has 30 heavy (non-hydrogen) atoms. The van der Waals surface area contributed by atoms with Crippen molar-refractivity contribution in [1.29, 1.82) is 0 Å². The summed E-state index contributed by atoms with van der Waals surface area (Å²) in [5, 5.41) is 2.67. The third kappa shape index (κ3) is 6.65. The fourth-order valence-corrected chi connectivity index (χ4v) is 5.56. The molecule has 0 saturated carbocycles. The van der Waals surface area contributed by atoms with E-state index in [2.05, 4.69) is 10.0 Å². The Morgan fingerprint density at radius 3 is 2.17 bits per heavy atom. The number of aryl methyl sites for hydroxylation is 1. The van der Waals surface area contributed by atoms with E-state index in [-0.39, 0.29) is 34.1 Å². The zero-order chi connectivity index (χ0) is 22.6. The second-order valence-electron chi connectivity index (χ2n) is 8.07. The van der Waals surface area contributed by atoms with Crippen molar-refractivity contribution in [3.63, 3.8) is 0 Å². The van der Waals surface area contributed by atoms with E-state index in [1.54, 1.807) is 52.0 Å². The molecular formula is C21H28N2O5S2. The van der Waals surface area contributed by atoms with Crippen molar-refractivity contribution in [2.75, 3.05) is 12.3 Å². The van der Waals surface area contributed by atoms with Gasteiger partial charge in [0.1, 0.15) is 0 Å². The van der Waals surface area contributed by atoms with Crippen LogP contribution in [-0.2, 0) is 19.9 Å². The Bertz CT molecular complexity index is 1100. The molecule has 2 aromatic rings. The predicted molar refractivity (Wildman–Crippen MR) is 117 cm³/mol. The van der Waals surface area contributed by atoms with Crippen LogP contribution in [0, 0.1) is 6.92 Å². The number of rotatable bonds is 8. The molecule has 0 radical (unpaired) electrons. The number of carbonyl (C=O) groups is 1. The predicted octanol–water partition coefficient (Wildman–Crippen LogP) is 2.67. The number of amides is 1. The van der Waals surface area contributed by atoms with Gasteiger partial charge < -0.3 is 5.32 Å². The average molecular weight is 453 g/mol. The molecule has 0 heterocycles. The van der Waals surface area contributed by atoms with Crippen LogP contribution in [0.3, 0.4) is 0 Å². The summed E-state index contributed by atoms with van der Waals surface area (Å²) in [6.45, 7) is 7.06. The normalized spacial score (nSPS) is 12.5. The van der Waals surface area contributed by atoms with Gasteiger partial charge in [-0.25, -0.2) is 21.6 Å². The number of sulfone groups is 1. The van der Waals surface area contributed by atoms with Gasteiger partial charge in [0.2, 0.25) is 10.0 Å². The maximum absolute atomic E-state index is 12.5. The summed E-state index contributed by atoms with van der Waals surface area (Å²) in [6, 6.07) is 12.5. The summed E-state index contributed by atoms with van der Waals surface area (Å²) < 4.78 is 52.2. The largest absolute Gasteiger partial charge is 0.352 e. The molecule has 0 saturated heterocycles. The van der Waals surface area contributed by atoms with Gasteiger partial charge >= 0.3 is 0 Å². The number of benzene rings is 2. The van der Waals surface area contributed by atoms with Crippen molar-refractivity contribution in [3.8, 4) is 0 Å². The molecule has 9 heteroatoms. The lowest BCUT2D eigenvalue weighted by molar-refractivity contribution is 0.0953. The van der Waals surface area contributed by atoms with E-state index in [0.717, 1.165) is 0 Å². The molecule has 0 fully saturated rings. The maximum Gasteiger partial charge on any atom is 0.251 e. The summed E-state index contributed by atoms with van der Waals surface area (Å²) >= 11 is 0. The Balaban J connectivity index is 2.04. The molecule has 0 aromatic heterocycles. The highest BCUT2D eigenvalue weighted by Crippen LogP contribution is 2.18. The summed E-state index contributed by atoms with van der Waals surface area (Å²) in [7, 11) is -7.19. The number of nitrogens with one attached hydrogen (secondary N) is 2. The van der Waals surface area contributed by atoms with Crippen molar-refractivity contribution in [3.05, 3.63) is 59.7 Å². The van der Waals surface area contributed by atoms with Gasteiger partial charge in [-0.3, -0.25) is 4.79 Å². The first kappa shape index (κ1) is 24.0. The monoisotopic (exact) mass is 452 g/mol. The van der Waals surface area contributed by atoms with E-state index in [1.807, 2.05) is 0 Å². The van der Waals surface area contributed by atoms with Crippen molar-refractivity contribution in [2.45, 2.75) is 49.4 Å². The lowest BCUT2D eigenvalue weighted by atomic mass is 10.1. The van der Waals surface area contributed by atoms with Crippen LogP contribution < -0.4 is 10.0 Å². The third-order valence-electron chi connectivity index (χ3n) is 4.18. The molecule has 164 valence electrons. The first-order valence-electron chi connectivity index (χ1n) is 9.52. The minimum Gasteiger partial charge on any atom is -0.352 e. The summed E-state index contributed by atoms with van der Waals surface area (Å²) in [5.41, 5.74) is 0.202. The smallest absolute Gasteiger partial charge is 0.251 e. The molecule has 2 aromatic carbocycles. The molecule has 2 rings (SSSR count). The second kappa shape index (κ2) is 9.28. The molecule has 0 aliphatic carbocycles. The summed E-state index contributed by atoms with van der Waals surface area (Å²) in [5.74, 6) is -0.544. The van der Waals surface area contributed by atoms with Gasteiger partial charge in [-0.05, 0) is 63.9 Å². The zero-order valence-electron chi connectivity index (χ0n) is 17.6. The minimum atomic E-state index is -3.78. The van der Waals surface area contributed by atoms with Crippen LogP contribution in [0.1, 0.15) is 43.1 Å². The topological polar surface area (TPSA) is 109 Å². The number of hydrogen-bond donors (Lipinski definition) is 2. The van der Waals surface area contributed by atoms with Crippen LogP contribution in [0.5, 0.6) is 0 Å².